The Hall–Kier alpha value is -2.94. The van der Waals surface area contributed by atoms with Crippen molar-refractivity contribution in [1.29, 1.82) is 0 Å². The fourth-order valence-electron chi connectivity index (χ4n) is 2.69. The second kappa shape index (κ2) is 7.09. The third-order valence-corrected chi connectivity index (χ3v) is 4.09. The van der Waals surface area contributed by atoms with Gasteiger partial charge in [-0.1, -0.05) is 60.7 Å². The number of hydrogen-bond acceptors (Lipinski definition) is 2. The third kappa shape index (κ3) is 3.69. The van der Waals surface area contributed by atoms with Crippen LogP contribution < -0.4 is 0 Å². The quantitative estimate of drug-likeness (QED) is 0.519. The fourth-order valence-corrected chi connectivity index (χ4v) is 2.69. The molecule has 3 nitrogen and oxygen atoms in total. The number of aryl methyl sites for hydroxylation is 2. The van der Waals surface area contributed by atoms with Crippen molar-refractivity contribution < 1.29 is 4.79 Å². The maximum absolute atomic E-state index is 12.4. The van der Waals surface area contributed by atoms with Crippen LogP contribution in [0.2, 0.25) is 0 Å². The highest BCUT2D eigenvalue weighted by Gasteiger charge is 2.12. The molecule has 0 aliphatic carbocycles. The van der Waals surface area contributed by atoms with Gasteiger partial charge in [-0.25, -0.2) is 0 Å². The van der Waals surface area contributed by atoms with Crippen LogP contribution in [0.4, 0.5) is 0 Å². The van der Waals surface area contributed by atoms with Gasteiger partial charge in [-0.05, 0) is 35.2 Å². The summed E-state index contributed by atoms with van der Waals surface area (Å²) >= 11 is 0. The summed E-state index contributed by atoms with van der Waals surface area (Å²) in [5, 5.41) is 4.06. The second-order valence-electron chi connectivity index (χ2n) is 5.87. The van der Waals surface area contributed by atoms with E-state index in [1.165, 1.54) is 5.56 Å². The van der Waals surface area contributed by atoms with Crippen LogP contribution in [0, 0.1) is 6.92 Å². The second-order valence-corrected chi connectivity index (χ2v) is 5.87. The molecular weight excluding hydrogens is 296 g/mol. The topological polar surface area (TPSA) is 34.9 Å². The van der Waals surface area contributed by atoms with Crippen molar-refractivity contribution >= 4 is 17.9 Å². The van der Waals surface area contributed by atoms with Crippen LogP contribution in [0.1, 0.15) is 32.7 Å². The molecule has 0 unspecified atom stereocenters. The molecule has 0 bridgehead atoms. The van der Waals surface area contributed by atoms with E-state index >= 15 is 0 Å². The van der Waals surface area contributed by atoms with Crippen LogP contribution in [0.3, 0.4) is 0 Å². The van der Waals surface area contributed by atoms with Gasteiger partial charge in [0.05, 0.1) is 0 Å². The highest BCUT2D eigenvalue weighted by Crippen LogP contribution is 2.16. The monoisotopic (exact) mass is 316 g/mol. The number of aromatic nitrogens is 2. The molecule has 24 heavy (non-hydrogen) atoms. The van der Waals surface area contributed by atoms with Gasteiger partial charge in [0.15, 0.2) is 5.78 Å². The molecule has 3 heteroatoms. The lowest BCUT2D eigenvalue weighted by molar-refractivity contribution is 0.0984. The summed E-state index contributed by atoms with van der Waals surface area (Å²) in [6.45, 7) is 2.05. The van der Waals surface area contributed by atoms with E-state index in [0.717, 1.165) is 16.7 Å². The first kappa shape index (κ1) is 15.9. The number of carbonyl (C=O) groups is 1. The number of Topliss-reactive ketones (excluding diaryl/α,β-unsaturated/α-hetero) is 1. The van der Waals surface area contributed by atoms with Gasteiger partial charge in [-0.3, -0.25) is 9.48 Å². The molecular formula is C21H20N2O. The molecule has 0 aliphatic rings. The van der Waals surface area contributed by atoms with E-state index in [0.29, 0.717) is 12.1 Å². The number of hydrogen-bond donors (Lipinski definition) is 0. The molecule has 0 atom stereocenters. The molecule has 0 saturated carbocycles. The Morgan fingerprint density at radius 1 is 1.04 bits per heavy atom. The molecule has 3 aromatic rings. The zero-order valence-corrected chi connectivity index (χ0v) is 13.9. The number of ketones is 1. The van der Waals surface area contributed by atoms with Gasteiger partial charge in [0, 0.05) is 19.7 Å². The van der Waals surface area contributed by atoms with Gasteiger partial charge in [-0.15, -0.1) is 0 Å². The van der Waals surface area contributed by atoms with Crippen LogP contribution in [0.5, 0.6) is 0 Å². The minimum absolute atomic E-state index is 0.0886. The van der Waals surface area contributed by atoms with Crippen molar-refractivity contribution in [3.05, 3.63) is 88.7 Å². The SMILES string of the molecule is Cc1cc(/C=C/c2ccccc2)ccc1CC(=O)c1ccnn1C. The average Bonchev–Trinajstić information content (AvgIpc) is 3.02. The van der Waals surface area contributed by atoms with E-state index in [2.05, 4.69) is 41.5 Å². The Balaban J connectivity index is 1.74. The summed E-state index contributed by atoms with van der Waals surface area (Å²) in [6.07, 6.45) is 6.23. The predicted molar refractivity (Wildman–Crippen MR) is 97.8 cm³/mol. The molecule has 0 N–H and O–H groups in total. The van der Waals surface area contributed by atoms with Crippen molar-refractivity contribution in [3.63, 3.8) is 0 Å². The zero-order valence-electron chi connectivity index (χ0n) is 13.9. The summed E-state index contributed by atoms with van der Waals surface area (Å²) < 4.78 is 1.62. The Labute approximate surface area is 142 Å². The normalized spacial score (nSPS) is 11.1. The van der Waals surface area contributed by atoms with Crippen molar-refractivity contribution in [1.82, 2.24) is 9.78 Å². The molecule has 0 amide bonds. The summed E-state index contributed by atoms with van der Waals surface area (Å²) in [7, 11) is 1.79. The van der Waals surface area contributed by atoms with Crippen LogP contribution in [0.15, 0.2) is 60.8 Å². The Morgan fingerprint density at radius 2 is 1.79 bits per heavy atom. The van der Waals surface area contributed by atoms with Gasteiger partial charge in [0.1, 0.15) is 5.69 Å². The lowest BCUT2D eigenvalue weighted by atomic mass is 9.99. The van der Waals surface area contributed by atoms with Crippen LogP contribution in [0.25, 0.3) is 12.2 Å². The number of nitrogens with zero attached hydrogens (tertiary/aromatic N) is 2. The Kier molecular flexibility index (Phi) is 4.71. The van der Waals surface area contributed by atoms with E-state index < -0.39 is 0 Å². The van der Waals surface area contributed by atoms with Gasteiger partial charge in [0.2, 0.25) is 0 Å². The highest BCUT2D eigenvalue weighted by molar-refractivity contribution is 5.96. The summed E-state index contributed by atoms with van der Waals surface area (Å²) in [5.74, 6) is 0.0886. The minimum Gasteiger partial charge on any atom is -0.292 e. The van der Waals surface area contributed by atoms with E-state index in [9.17, 15) is 4.79 Å². The van der Waals surface area contributed by atoms with Crippen molar-refractivity contribution in [2.24, 2.45) is 7.05 Å². The predicted octanol–water partition coefficient (Wildman–Crippen LogP) is 4.32. The van der Waals surface area contributed by atoms with E-state index in [1.807, 2.05) is 31.2 Å². The lowest BCUT2D eigenvalue weighted by Gasteiger charge is -2.07. The van der Waals surface area contributed by atoms with Gasteiger partial charge in [-0.2, -0.15) is 5.10 Å². The molecule has 2 aromatic carbocycles. The van der Waals surface area contributed by atoms with Crippen LogP contribution in [-0.4, -0.2) is 15.6 Å². The fraction of sp³-hybridized carbons (Fsp3) is 0.143. The van der Waals surface area contributed by atoms with E-state index in [-0.39, 0.29) is 5.78 Å². The number of rotatable bonds is 5. The molecule has 1 aromatic heterocycles. The van der Waals surface area contributed by atoms with Gasteiger partial charge >= 0.3 is 0 Å². The summed E-state index contributed by atoms with van der Waals surface area (Å²) in [4.78, 5) is 12.4. The number of carbonyl (C=O) groups excluding carboxylic acids is 1. The molecule has 0 saturated heterocycles. The first-order valence-corrected chi connectivity index (χ1v) is 7.97. The Bertz CT molecular complexity index is 876. The Morgan fingerprint density at radius 3 is 2.46 bits per heavy atom. The van der Waals surface area contributed by atoms with Crippen LogP contribution >= 0.6 is 0 Å². The minimum atomic E-state index is 0.0886. The van der Waals surface area contributed by atoms with Crippen LogP contribution in [-0.2, 0) is 13.5 Å². The maximum atomic E-state index is 12.4. The molecule has 0 radical (unpaired) electrons. The van der Waals surface area contributed by atoms with Crippen molar-refractivity contribution in [2.45, 2.75) is 13.3 Å². The van der Waals surface area contributed by atoms with Gasteiger partial charge < -0.3 is 0 Å². The smallest absolute Gasteiger partial charge is 0.185 e. The average molecular weight is 316 g/mol. The first-order chi connectivity index (χ1) is 11.6. The first-order valence-electron chi connectivity index (χ1n) is 7.97. The third-order valence-electron chi connectivity index (χ3n) is 4.09. The summed E-state index contributed by atoms with van der Waals surface area (Å²) in [5.41, 5.74) is 5.12. The van der Waals surface area contributed by atoms with Crippen molar-refractivity contribution in [3.8, 4) is 0 Å². The molecule has 0 spiro atoms. The van der Waals surface area contributed by atoms with Gasteiger partial charge in [0.25, 0.3) is 0 Å². The lowest BCUT2D eigenvalue weighted by Crippen LogP contribution is -2.10. The standard InChI is InChI=1S/C21H20N2O/c1-16-14-18(9-8-17-6-4-3-5-7-17)10-11-19(16)15-21(24)20-12-13-22-23(20)2/h3-14H,15H2,1-2H3/b9-8+. The molecule has 0 aliphatic heterocycles. The zero-order chi connectivity index (χ0) is 16.9. The highest BCUT2D eigenvalue weighted by atomic mass is 16.1. The molecule has 1 heterocycles. The molecule has 3 rings (SSSR count). The maximum Gasteiger partial charge on any atom is 0.185 e. The largest absolute Gasteiger partial charge is 0.292 e. The molecule has 120 valence electrons. The molecule has 0 fully saturated rings. The van der Waals surface area contributed by atoms with Crippen molar-refractivity contribution in [2.75, 3.05) is 0 Å². The van der Waals surface area contributed by atoms with E-state index in [1.54, 1.807) is 24.0 Å². The summed E-state index contributed by atoms with van der Waals surface area (Å²) in [6, 6.07) is 18.2. The number of benzene rings is 2. The van der Waals surface area contributed by atoms with E-state index in [4.69, 9.17) is 0 Å².